The van der Waals surface area contributed by atoms with Crippen molar-refractivity contribution < 1.29 is 29.7 Å². The third-order valence-corrected chi connectivity index (χ3v) is 5.03. The smallest absolute Gasteiger partial charge is 0.390 e. The minimum Gasteiger partial charge on any atom is -0.394 e. The molecule has 3 atom stereocenters. The van der Waals surface area contributed by atoms with Gasteiger partial charge in [0.15, 0.2) is 11.5 Å². The number of rotatable bonds is 5. The van der Waals surface area contributed by atoms with Crippen molar-refractivity contribution in [3.63, 3.8) is 0 Å². The maximum Gasteiger partial charge on any atom is 0.390 e. The molecule has 1 aromatic carbocycles. The first-order chi connectivity index (χ1) is 13.7. The normalized spacial score (nSPS) is 15.4. The Morgan fingerprint density at radius 3 is 2.55 bits per heavy atom. The highest BCUT2D eigenvalue weighted by molar-refractivity contribution is 5.93. The van der Waals surface area contributed by atoms with E-state index in [1.165, 1.54) is 4.57 Å². The summed E-state index contributed by atoms with van der Waals surface area (Å²) in [6.45, 7) is 2.42. The summed E-state index contributed by atoms with van der Waals surface area (Å²) in [5, 5.41) is 39.0. The van der Waals surface area contributed by atoms with Crippen LogP contribution in [0.4, 0.5) is 0 Å². The number of fused-ring (bicyclic) bond motifs is 1. The Morgan fingerprint density at radius 1 is 1.14 bits per heavy atom. The number of aliphatic hydroxyl groups excluding tert-OH is 4. The van der Waals surface area contributed by atoms with Crippen molar-refractivity contribution in [2.45, 2.75) is 38.7 Å². The number of hydrogen-bond donors (Lipinski definition) is 4. The summed E-state index contributed by atoms with van der Waals surface area (Å²) >= 11 is 0. The molecule has 0 saturated heterocycles. The highest BCUT2D eigenvalue weighted by Gasteiger charge is 2.29. The third-order valence-electron chi connectivity index (χ3n) is 5.03. The van der Waals surface area contributed by atoms with Crippen molar-refractivity contribution in [3.05, 3.63) is 38.0 Å². The van der Waals surface area contributed by atoms with Crippen molar-refractivity contribution in [3.8, 4) is 11.5 Å². The molecule has 2 aliphatic rings. The van der Waals surface area contributed by atoms with Crippen molar-refractivity contribution >= 4 is 16.6 Å². The Hall–Kier alpha value is -3.06. The maximum atomic E-state index is 12.6. The molecule has 1 aromatic heterocycles. The molecule has 12 heteroatoms. The minimum absolute atomic E-state index is 0.131. The summed E-state index contributed by atoms with van der Waals surface area (Å²) in [5.41, 5.74) is 0.0383. The first-order valence-electron chi connectivity index (χ1n) is 8.72. The number of nitrogens with zero attached hydrogens (tertiary/aromatic N) is 4. The van der Waals surface area contributed by atoms with Gasteiger partial charge in [-0.25, -0.2) is 9.78 Å². The van der Waals surface area contributed by atoms with Gasteiger partial charge in [-0.15, -0.1) is 0 Å². The number of aromatic nitrogens is 4. The first kappa shape index (κ1) is 19.3. The minimum atomic E-state index is -1.68. The van der Waals surface area contributed by atoms with Crippen LogP contribution in [-0.2, 0) is 6.54 Å². The van der Waals surface area contributed by atoms with Crippen molar-refractivity contribution in [1.29, 1.82) is 0 Å². The van der Waals surface area contributed by atoms with E-state index in [9.17, 15) is 24.9 Å². The summed E-state index contributed by atoms with van der Waals surface area (Å²) in [7, 11) is 0. The Balaban J connectivity index is 2.10. The van der Waals surface area contributed by atoms with Crippen LogP contribution in [0.2, 0.25) is 0 Å². The molecule has 3 bridgehead atoms. The van der Waals surface area contributed by atoms with Crippen molar-refractivity contribution in [1.82, 2.24) is 19.1 Å². The zero-order chi connectivity index (χ0) is 21.0. The zero-order valence-corrected chi connectivity index (χ0v) is 15.4. The number of aliphatic hydroxyl groups is 4. The fourth-order valence-corrected chi connectivity index (χ4v) is 3.23. The van der Waals surface area contributed by atoms with E-state index in [2.05, 4.69) is 9.97 Å². The summed E-state index contributed by atoms with van der Waals surface area (Å²) in [4.78, 5) is 33.0. The van der Waals surface area contributed by atoms with E-state index in [-0.39, 0.29) is 29.2 Å². The van der Waals surface area contributed by atoms with Crippen LogP contribution in [0.5, 0.6) is 0 Å². The number of aryl methyl sites for hydroxylation is 2. The van der Waals surface area contributed by atoms with E-state index in [1.54, 1.807) is 19.9 Å². The molecule has 0 spiro atoms. The summed E-state index contributed by atoms with van der Waals surface area (Å²) in [6, 6.07) is 1.70. The molecule has 3 heterocycles. The predicted octanol–water partition coefficient (Wildman–Crippen LogP) is -1.61. The molecule has 29 heavy (non-hydrogen) atoms. The number of hydrogen-bond acceptors (Lipinski definition) is 10. The van der Waals surface area contributed by atoms with Crippen LogP contribution < -0.4 is 11.2 Å². The molecule has 4 N–H and O–H groups in total. The molecule has 2 aliphatic heterocycles. The molecule has 154 valence electrons. The second-order valence-corrected chi connectivity index (χ2v) is 6.87. The van der Waals surface area contributed by atoms with Gasteiger partial charge < -0.3 is 25.0 Å². The van der Waals surface area contributed by atoms with Crippen LogP contribution in [-0.4, -0.2) is 64.5 Å². The van der Waals surface area contributed by atoms with E-state index >= 15 is 0 Å². The van der Waals surface area contributed by atoms with Crippen LogP contribution in [0.25, 0.3) is 28.1 Å². The molecule has 0 radical (unpaired) electrons. The van der Waals surface area contributed by atoms with E-state index < -0.39 is 36.2 Å². The molecule has 0 amide bonds. The molecule has 0 saturated carbocycles. The van der Waals surface area contributed by atoms with E-state index in [4.69, 9.17) is 14.4 Å². The van der Waals surface area contributed by atoms with Gasteiger partial charge in [0, 0.05) is 5.56 Å². The van der Waals surface area contributed by atoms with Gasteiger partial charge in [-0.3, -0.25) is 9.37 Å². The fraction of sp³-hybridized carbons (Fsp3) is 0.412. The summed E-state index contributed by atoms with van der Waals surface area (Å²) in [5.74, 6) is -0.131. The third kappa shape index (κ3) is 2.84. The second-order valence-electron chi connectivity index (χ2n) is 6.87. The Morgan fingerprint density at radius 2 is 1.86 bits per heavy atom. The average Bonchev–Trinajstić information content (AvgIpc) is 2.69. The van der Waals surface area contributed by atoms with Crippen LogP contribution in [0.3, 0.4) is 0 Å². The van der Waals surface area contributed by atoms with Gasteiger partial charge in [-0.1, -0.05) is 0 Å². The molecule has 0 aliphatic carbocycles. The van der Waals surface area contributed by atoms with E-state index in [0.29, 0.717) is 15.7 Å². The SMILES string of the molecule is Cc1cc2c3nc4c(=O)n(ooc3c1C)c(=O)nc-4n2CC(O)C(O)C(O)CO. The topological polar surface area (TPSA) is 176 Å². The largest absolute Gasteiger partial charge is 0.394 e. The lowest BCUT2D eigenvalue weighted by atomic mass is 10.1. The maximum absolute atomic E-state index is 12.6. The van der Waals surface area contributed by atoms with Crippen molar-refractivity contribution in [2.75, 3.05) is 6.61 Å². The lowest BCUT2D eigenvalue weighted by molar-refractivity contribution is -0.0803. The van der Waals surface area contributed by atoms with Gasteiger partial charge >= 0.3 is 11.2 Å². The Kier molecular flexibility index (Phi) is 4.50. The van der Waals surface area contributed by atoms with Crippen LogP contribution in [0, 0.1) is 13.8 Å². The fourth-order valence-electron chi connectivity index (χ4n) is 3.23. The first-order valence-corrected chi connectivity index (χ1v) is 8.72. The van der Waals surface area contributed by atoms with Gasteiger partial charge in [0.05, 0.1) is 18.7 Å². The van der Waals surface area contributed by atoms with E-state index in [1.807, 2.05) is 0 Å². The zero-order valence-electron chi connectivity index (χ0n) is 15.4. The Labute approximate surface area is 161 Å². The Bertz CT molecular complexity index is 1300. The molecular formula is C17H18N4O8. The van der Waals surface area contributed by atoms with Gasteiger partial charge in [0.1, 0.15) is 23.8 Å². The second kappa shape index (κ2) is 6.77. The van der Waals surface area contributed by atoms with Gasteiger partial charge in [-0.2, -0.15) is 9.67 Å². The van der Waals surface area contributed by atoms with Crippen LogP contribution in [0.15, 0.2) is 24.9 Å². The van der Waals surface area contributed by atoms with Crippen molar-refractivity contribution in [2.24, 2.45) is 0 Å². The highest BCUT2D eigenvalue weighted by atomic mass is 17.0. The predicted molar refractivity (Wildman–Crippen MR) is 96.8 cm³/mol. The standard InChI is InChI=1S/C17H18N4O8/c1-6-3-8-11-14(7(6)2)28-29-21-16(26)12(18-11)15(19-17(21)27)20(8)4-9(23)13(25)10(24)5-22/h3,9-10,13,22-25H,4-5H2,1-2H3. The molecule has 0 fully saturated rings. The quantitative estimate of drug-likeness (QED) is 0.223. The highest BCUT2D eigenvalue weighted by Crippen LogP contribution is 2.29. The average molecular weight is 406 g/mol. The van der Waals surface area contributed by atoms with E-state index in [0.717, 1.165) is 5.56 Å². The van der Waals surface area contributed by atoms with Crippen LogP contribution >= 0.6 is 0 Å². The molecule has 12 nitrogen and oxygen atoms in total. The lowest BCUT2D eigenvalue weighted by Gasteiger charge is -2.25. The number of benzene rings is 1. The molecule has 3 unspecified atom stereocenters. The summed E-state index contributed by atoms with van der Waals surface area (Å²) in [6.07, 6.45) is -4.82. The monoisotopic (exact) mass is 406 g/mol. The molecule has 4 rings (SSSR count). The summed E-state index contributed by atoms with van der Waals surface area (Å²) < 4.78 is 11.8. The van der Waals surface area contributed by atoms with Gasteiger partial charge in [0.25, 0.3) is 0 Å². The van der Waals surface area contributed by atoms with Crippen LogP contribution in [0.1, 0.15) is 11.1 Å². The van der Waals surface area contributed by atoms with Gasteiger partial charge in [-0.05, 0) is 30.1 Å². The lowest BCUT2D eigenvalue weighted by Crippen LogP contribution is -2.42. The van der Waals surface area contributed by atoms with Gasteiger partial charge in [0.2, 0.25) is 5.58 Å². The molecule has 2 aromatic rings. The molecular weight excluding hydrogens is 388 g/mol.